The van der Waals surface area contributed by atoms with Crippen molar-refractivity contribution < 1.29 is 14.4 Å². The first-order valence-electron chi connectivity index (χ1n) is 9.32. The number of amides is 3. The molecule has 1 aliphatic rings. The van der Waals surface area contributed by atoms with Crippen molar-refractivity contribution in [3.8, 4) is 0 Å². The lowest BCUT2D eigenvalue weighted by atomic mass is 10.1. The number of nitrogens with zero attached hydrogens (tertiary/aromatic N) is 2. The molecule has 1 aliphatic heterocycles. The molecule has 0 saturated carbocycles. The smallest absolute Gasteiger partial charge is 0.229 e. The molecule has 2 aromatic rings. The quantitative estimate of drug-likeness (QED) is 0.806. The number of anilines is 2. The van der Waals surface area contributed by atoms with Crippen LogP contribution in [0, 0.1) is 11.8 Å². The predicted octanol–water partition coefficient (Wildman–Crippen LogP) is 2.66. The lowest BCUT2D eigenvalue weighted by Crippen LogP contribution is -2.28. The molecule has 1 saturated heterocycles. The van der Waals surface area contributed by atoms with Crippen LogP contribution in [0.1, 0.15) is 26.0 Å². The Morgan fingerprint density at radius 2 is 1.89 bits per heavy atom. The van der Waals surface area contributed by atoms with Crippen molar-refractivity contribution in [1.29, 1.82) is 0 Å². The van der Waals surface area contributed by atoms with Crippen molar-refractivity contribution in [2.24, 2.45) is 11.8 Å². The molecule has 1 aromatic heterocycles. The van der Waals surface area contributed by atoms with E-state index in [0.717, 1.165) is 5.69 Å². The number of pyridine rings is 1. The Hall–Kier alpha value is -3.22. The van der Waals surface area contributed by atoms with Crippen molar-refractivity contribution in [2.45, 2.75) is 26.8 Å². The number of rotatable bonds is 6. The Kier molecular flexibility index (Phi) is 6.03. The second-order valence-corrected chi connectivity index (χ2v) is 7.21. The molecule has 7 nitrogen and oxygen atoms in total. The highest BCUT2D eigenvalue weighted by Gasteiger charge is 2.34. The van der Waals surface area contributed by atoms with Crippen LogP contribution in [0.3, 0.4) is 0 Å². The lowest BCUT2D eigenvalue weighted by Gasteiger charge is -2.16. The van der Waals surface area contributed by atoms with E-state index in [1.165, 1.54) is 0 Å². The van der Waals surface area contributed by atoms with Crippen LogP contribution in [-0.2, 0) is 20.9 Å². The summed E-state index contributed by atoms with van der Waals surface area (Å²) in [5.41, 5.74) is 2.00. The molecular weight excluding hydrogens is 356 g/mol. The molecule has 2 N–H and O–H groups in total. The standard InChI is InChI=1S/C21H24N4O3/c1-14(2)20(27)23-16-7-5-8-17(11-16)24-21(28)15-10-19(26)25(12-15)13-18-6-3-4-9-22-18/h3-9,11,14-15H,10,12-13H2,1-2H3,(H,23,27)(H,24,28). The molecule has 1 aromatic carbocycles. The zero-order valence-corrected chi connectivity index (χ0v) is 16.0. The van der Waals surface area contributed by atoms with Crippen molar-refractivity contribution in [3.05, 3.63) is 54.4 Å². The molecule has 2 heterocycles. The number of likely N-dealkylation sites (tertiary alicyclic amines) is 1. The zero-order chi connectivity index (χ0) is 20.1. The second kappa shape index (κ2) is 8.65. The Morgan fingerprint density at radius 1 is 1.14 bits per heavy atom. The molecule has 0 radical (unpaired) electrons. The van der Waals surface area contributed by atoms with Crippen LogP contribution in [0.4, 0.5) is 11.4 Å². The highest BCUT2D eigenvalue weighted by atomic mass is 16.2. The summed E-state index contributed by atoms with van der Waals surface area (Å²) in [7, 11) is 0. The Morgan fingerprint density at radius 3 is 2.57 bits per heavy atom. The van der Waals surface area contributed by atoms with Gasteiger partial charge in [0.15, 0.2) is 0 Å². The van der Waals surface area contributed by atoms with E-state index >= 15 is 0 Å². The minimum Gasteiger partial charge on any atom is -0.336 e. The lowest BCUT2D eigenvalue weighted by molar-refractivity contribution is -0.128. The third-order valence-corrected chi connectivity index (χ3v) is 4.59. The van der Waals surface area contributed by atoms with Crippen LogP contribution in [0.15, 0.2) is 48.7 Å². The summed E-state index contributed by atoms with van der Waals surface area (Å²) in [6.07, 6.45) is 1.87. The Balaban J connectivity index is 1.59. The molecule has 0 spiro atoms. The van der Waals surface area contributed by atoms with Crippen molar-refractivity contribution in [3.63, 3.8) is 0 Å². The zero-order valence-electron chi connectivity index (χ0n) is 16.0. The summed E-state index contributed by atoms with van der Waals surface area (Å²) in [6, 6.07) is 12.5. The number of carbonyl (C=O) groups is 3. The molecule has 28 heavy (non-hydrogen) atoms. The van der Waals surface area contributed by atoms with Crippen molar-refractivity contribution in [2.75, 3.05) is 17.2 Å². The minimum absolute atomic E-state index is 0.0521. The Labute approximate surface area is 164 Å². The molecule has 146 valence electrons. The maximum Gasteiger partial charge on any atom is 0.229 e. The number of aromatic nitrogens is 1. The van der Waals surface area contributed by atoms with Crippen LogP contribution in [-0.4, -0.2) is 34.2 Å². The average molecular weight is 380 g/mol. The summed E-state index contributed by atoms with van der Waals surface area (Å²) in [4.78, 5) is 42.6. The molecule has 0 bridgehead atoms. The number of benzene rings is 1. The molecule has 0 aliphatic carbocycles. The monoisotopic (exact) mass is 380 g/mol. The van der Waals surface area contributed by atoms with Crippen LogP contribution < -0.4 is 10.6 Å². The number of nitrogens with one attached hydrogen (secondary N) is 2. The van der Waals surface area contributed by atoms with E-state index in [1.807, 2.05) is 32.0 Å². The van der Waals surface area contributed by atoms with Gasteiger partial charge in [0.1, 0.15) is 0 Å². The summed E-state index contributed by atoms with van der Waals surface area (Å²) in [5.74, 6) is -0.888. The fourth-order valence-corrected chi connectivity index (χ4v) is 2.99. The maximum atomic E-state index is 12.6. The fraction of sp³-hybridized carbons (Fsp3) is 0.333. The normalized spacial score (nSPS) is 16.3. The summed E-state index contributed by atoms with van der Waals surface area (Å²) in [5, 5.41) is 5.65. The van der Waals surface area contributed by atoms with Gasteiger partial charge in [-0.2, -0.15) is 0 Å². The van der Waals surface area contributed by atoms with Gasteiger partial charge in [-0.05, 0) is 30.3 Å². The van der Waals surface area contributed by atoms with Crippen LogP contribution in [0.5, 0.6) is 0 Å². The van der Waals surface area contributed by atoms with E-state index in [-0.39, 0.29) is 30.1 Å². The van der Waals surface area contributed by atoms with Gasteiger partial charge in [0.05, 0.1) is 18.2 Å². The van der Waals surface area contributed by atoms with Gasteiger partial charge in [-0.25, -0.2) is 0 Å². The molecule has 1 unspecified atom stereocenters. The molecule has 3 rings (SSSR count). The van der Waals surface area contributed by atoms with E-state index in [9.17, 15) is 14.4 Å². The van der Waals surface area contributed by atoms with Crippen LogP contribution in [0.2, 0.25) is 0 Å². The summed E-state index contributed by atoms with van der Waals surface area (Å²) in [6.45, 7) is 4.40. The van der Waals surface area contributed by atoms with Gasteiger partial charge in [-0.1, -0.05) is 26.0 Å². The minimum atomic E-state index is -0.412. The first kappa shape index (κ1) is 19.5. The van der Waals surface area contributed by atoms with Gasteiger partial charge in [0.25, 0.3) is 0 Å². The van der Waals surface area contributed by atoms with Gasteiger partial charge < -0.3 is 15.5 Å². The summed E-state index contributed by atoms with van der Waals surface area (Å²) < 4.78 is 0. The van der Waals surface area contributed by atoms with E-state index in [0.29, 0.717) is 24.5 Å². The van der Waals surface area contributed by atoms with E-state index < -0.39 is 5.92 Å². The van der Waals surface area contributed by atoms with E-state index in [1.54, 1.807) is 35.4 Å². The molecular formula is C21H24N4O3. The predicted molar refractivity (Wildman–Crippen MR) is 106 cm³/mol. The SMILES string of the molecule is CC(C)C(=O)Nc1cccc(NC(=O)C2CC(=O)N(Cc3ccccn3)C2)c1. The van der Waals surface area contributed by atoms with E-state index in [4.69, 9.17) is 0 Å². The highest BCUT2D eigenvalue weighted by molar-refractivity contribution is 5.98. The number of hydrogen-bond acceptors (Lipinski definition) is 4. The fourth-order valence-electron chi connectivity index (χ4n) is 2.99. The topological polar surface area (TPSA) is 91.4 Å². The first-order chi connectivity index (χ1) is 13.4. The summed E-state index contributed by atoms with van der Waals surface area (Å²) >= 11 is 0. The molecule has 1 atom stereocenters. The van der Waals surface area contributed by atoms with Gasteiger partial charge in [0.2, 0.25) is 17.7 Å². The number of hydrogen-bond donors (Lipinski definition) is 2. The molecule has 1 fully saturated rings. The molecule has 7 heteroatoms. The van der Waals surface area contributed by atoms with Crippen molar-refractivity contribution >= 4 is 29.1 Å². The highest BCUT2D eigenvalue weighted by Crippen LogP contribution is 2.22. The Bertz CT molecular complexity index is 867. The third kappa shape index (κ3) is 4.94. The molecule has 3 amide bonds. The third-order valence-electron chi connectivity index (χ3n) is 4.59. The van der Waals surface area contributed by atoms with Crippen LogP contribution >= 0.6 is 0 Å². The van der Waals surface area contributed by atoms with Gasteiger partial charge >= 0.3 is 0 Å². The second-order valence-electron chi connectivity index (χ2n) is 7.21. The largest absolute Gasteiger partial charge is 0.336 e. The number of carbonyl (C=O) groups excluding carboxylic acids is 3. The van der Waals surface area contributed by atoms with Crippen molar-refractivity contribution in [1.82, 2.24) is 9.88 Å². The maximum absolute atomic E-state index is 12.6. The van der Waals surface area contributed by atoms with Gasteiger partial charge in [-0.3, -0.25) is 19.4 Å². The van der Waals surface area contributed by atoms with Gasteiger partial charge in [0, 0.05) is 36.5 Å². The van der Waals surface area contributed by atoms with Gasteiger partial charge in [-0.15, -0.1) is 0 Å². The average Bonchev–Trinajstić information content (AvgIpc) is 3.03. The van der Waals surface area contributed by atoms with E-state index in [2.05, 4.69) is 15.6 Å². The first-order valence-corrected chi connectivity index (χ1v) is 9.32. The van der Waals surface area contributed by atoms with Crippen LogP contribution in [0.25, 0.3) is 0 Å².